The Morgan fingerprint density at radius 1 is 1.42 bits per heavy atom. The van der Waals surface area contributed by atoms with E-state index in [1.165, 1.54) is 0 Å². The van der Waals surface area contributed by atoms with Gasteiger partial charge in [-0.3, -0.25) is 4.79 Å². The van der Waals surface area contributed by atoms with Gasteiger partial charge in [-0.25, -0.2) is 0 Å². The molecule has 1 aliphatic heterocycles. The number of carbonyl (C=O) groups excluding carboxylic acids is 1. The lowest BCUT2D eigenvalue weighted by Crippen LogP contribution is -2.32. The Balaban J connectivity index is 1.90. The molecule has 1 aromatic carbocycles. The van der Waals surface area contributed by atoms with Crippen LogP contribution in [0.1, 0.15) is 32.3 Å². The summed E-state index contributed by atoms with van der Waals surface area (Å²) in [6, 6.07) is 6.11. The standard InChI is InChI=1S/C15H23N3O/c1-15(2,16)7-4-8-17-12-5-6-13-11(9-12)10-14(19)18(13)3/h5-6,9,17H,4,7-8,10,16H2,1-3H3. The van der Waals surface area contributed by atoms with E-state index in [1.807, 2.05) is 33.0 Å². The van der Waals surface area contributed by atoms with Gasteiger partial charge in [-0.05, 0) is 50.5 Å². The average molecular weight is 261 g/mol. The third-order valence-electron chi connectivity index (χ3n) is 3.48. The van der Waals surface area contributed by atoms with Gasteiger partial charge in [0.1, 0.15) is 0 Å². The lowest BCUT2D eigenvalue weighted by atomic mass is 10.0. The van der Waals surface area contributed by atoms with Crippen molar-refractivity contribution in [2.45, 2.75) is 38.6 Å². The molecule has 104 valence electrons. The predicted octanol–water partition coefficient (Wildman–Crippen LogP) is 2.13. The monoisotopic (exact) mass is 261 g/mol. The lowest BCUT2D eigenvalue weighted by Gasteiger charge is -2.18. The van der Waals surface area contributed by atoms with Gasteiger partial charge in [-0.2, -0.15) is 0 Å². The quantitative estimate of drug-likeness (QED) is 0.798. The van der Waals surface area contributed by atoms with Gasteiger partial charge in [0.25, 0.3) is 0 Å². The maximum Gasteiger partial charge on any atom is 0.231 e. The molecule has 3 N–H and O–H groups in total. The van der Waals surface area contributed by atoms with Gasteiger partial charge in [0, 0.05) is 30.5 Å². The third-order valence-corrected chi connectivity index (χ3v) is 3.48. The number of anilines is 2. The summed E-state index contributed by atoms with van der Waals surface area (Å²) in [5.41, 5.74) is 9.06. The number of nitrogens with one attached hydrogen (secondary N) is 1. The number of hydrogen-bond acceptors (Lipinski definition) is 3. The lowest BCUT2D eigenvalue weighted by molar-refractivity contribution is -0.117. The minimum absolute atomic E-state index is 0.102. The Hall–Kier alpha value is -1.55. The molecule has 1 aromatic rings. The molecule has 0 aromatic heterocycles. The van der Waals surface area contributed by atoms with E-state index in [9.17, 15) is 4.79 Å². The highest BCUT2D eigenvalue weighted by Gasteiger charge is 2.23. The van der Waals surface area contributed by atoms with Crippen LogP contribution in [0.25, 0.3) is 0 Å². The van der Waals surface area contributed by atoms with Crippen molar-refractivity contribution in [3.8, 4) is 0 Å². The normalized spacial score (nSPS) is 14.7. The topological polar surface area (TPSA) is 58.4 Å². The first kappa shape index (κ1) is 13.9. The molecule has 0 bridgehead atoms. The molecule has 0 unspecified atom stereocenters. The molecular formula is C15H23N3O. The van der Waals surface area contributed by atoms with E-state index in [1.54, 1.807) is 4.90 Å². The van der Waals surface area contributed by atoms with Gasteiger partial charge >= 0.3 is 0 Å². The summed E-state index contributed by atoms with van der Waals surface area (Å²) in [5.74, 6) is 0.164. The molecule has 19 heavy (non-hydrogen) atoms. The van der Waals surface area contributed by atoms with Crippen LogP contribution in [0.15, 0.2) is 18.2 Å². The van der Waals surface area contributed by atoms with Crippen molar-refractivity contribution in [1.82, 2.24) is 0 Å². The maximum absolute atomic E-state index is 11.6. The van der Waals surface area contributed by atoms with Gasteiger partial charge in [0.15, 0.2) is 0 Å². The number of fused-ring (bicyclic) bond motifs is 1. The molecule has 0 radical (unpaired) electrons. The van der Waals surface area contributed by atoms with Crippen LogP contribution in [0.2, 0.25) is 0 Å². The molecule has 0 saturated carbocycles. The van der Waals surface area contributed by atoms with Crippen LogP contribution in [0.4, 0.5) is 11.4 Å². The minimum atomic E-state index is -0.102. The number of nitrogens with zero attached hydrogens (tertiary/aromatic N) is 1. The molecule has 1 heterocycles. The van der Waals surface area contributed by atoms with Gasteiger partial charge in [-0.15, -0.1) is 0 Å². The number of rotatable bonds is 5. The van der Waals surface area contributed by atoms with Crippen LogP contribution in [-0.4, -0.2) is 25.0 Å². The van der Waals surface area contributed by atoms with E-state index in [-0.39, 0.29) is 11.4 Å². The molecular weight excluding hydrogens is 238 g/mol. The summed E-state index contributed by atoms with van der Waals surface area (Å²) in [5, 5.41) is 3.39. The summed E-state index contributed by atoms with van der Waals surface area (Å²) in [6.45, 7) is 5.00. The summed E-state index contributed by atoms with van der Waals surface area (Å²) in [6.07, 6.45) is 2.54. The highest BCUT2D eigenvalue weighted by atomic mass is 16.2. The van der Waals surface area contributed by atoms with E-state index in [2.05, 4.69) is 11.4 Å². The van der Waals surface area contributed by atoms with Gasteiger partial charge in [0.2, 0.25) is 5.91 Å². The van der Waals surface area contributed by atoms with Crippen molar-refractivity contribution in [3.63, 3.8) is 0 Å². The zero-order valence-electron chi connectivity index (χ0n) is 12.0. The Morgan fingerprint density at radius 3 is 2.84 bits per heavy atom. The second-order valence-corrected chi connectivity index (χ2v) is 5.99. The average Bonchev–Trinajstić information content (AvgIpc) is 2.59. The Kier molecular flexibility index (Phi) is 3.80. The van der Waals surface area contributed by atoms with Crippen LogP contribution in [0.3, 0.4) is 0 Å². The summed E-state index contributed by atoms with van der Waals surface area (Å²) >= 11 is 0. The smallest absolute Gasteiger partial charge is 0.231 e. The SMILES string of the molecule is CN1C(=O)Cc2cc(NCCCC(C)(C)N)ccc21. The van der Waals surface area contributed by atoms with Crippen LogP contribution >= 0.6 is 0 Å². The highest BCUT2D eigenvalue weighted by molar-refractivity contribution is 6.01. The summed E-state index contributed by atoms with van der Waals surface area (Å²) in [4.78, 5) is 13.3. The Bertz CT molecular complexity index is 477. The molecule has 0 spiro atoms. The largest absolute Gasteiger partial charge is 0.385 e. The first-order valence-corrected chi connectivity index (χ1v) is 6.79. The van der Waals surface area contributed by atoms with E-state index in [0.717, 1.165) is 36.3 Å². The van der Waals surface area contributed by atoms with Crippen LogP contribution in [0, 0.1) is 0 Å². The number of hydrogen-bond donors (Lipinski definition) is 2. The number of carbonyl (C=O) groups is 1. The predicted molar refractivity (Wildman–Crippen MR) is 79.5 cm³/mol. The molecule has 0 atom stereocenters. The number of amides is 1. The fourth-order valence-corrected chi connectivity index (χ4v) is 2.36. The van der Waals surface area contributed by atoms with Crippen molar-refractivity contribution in [2.24, 2.45) is 5.73 Å². The molecule has 4 nitrogen and oxygen atoms in total. The molecule has 4 heteroatoms. The Labute approximate surface area is 115 Å². The maximum atomic E-state index is 11.6. The Morgan fingerprint density at radius 2 is 2.16 bits per heavy atom. The first-order chi connectivity index (χ1) is 8.87. The van der Waals surface area contributed by atoms with Gasteiger partial charge < -0.3 is 16.0 Å². The van der Waals surface area contributed by atoms with E-state index in [4.69, 9.17) is 5.73 Å². The highest BCUT2D eigenvalue weighted by Crippen LogP contribution is 2.29. The summed E-state index contributed by atoms with van der Waals surface area (Å²) in [7, 11) is 1.82. The molecule has 0 fully saturated rings. The summed E-state index contributed by atoms with van der Waals surface area (Å²) < 4.78 is 0. The van der Waals surface area contributed by atoms with Gasteiger partial charge in [-0.1, -0.05) is 0 Å². The number of likely N-dealkylation sites (N-methyl/N-ethyl adjacent to an activating group) is 1. The fraction of sp³-hybridized carbons (Fsp3) is 0.533. The van der Waals surface area contributed by atoms with E-state index < -0.39 is 0 Å². The fourth-order valence-electron chi connectivity index (χ4n) is 2.36. The molecule has 0 aliphatic carbocycles. The van der Waals surface area contributed by atoms with Gasteiger partial charge in [0.05, 0.1) is 6.42 Å². The molecule has 1 aliphatic rings. The van der Waals surface area contributed by atoms with Crippen LogP contribution < -0.4 is 16.0 Å². The van der Waals surface area contributed by atoms with Crippen molar-refractivity contribution < 1.29 is 4.79 Å². The second-order valence-electron chi connectivity index (χ2n) is 5.99. The molecule has 0 saturated heterocycles. The zero-order valence-corrected chi connectivity index (χ0v) is 12.0. The minimum Gasteiger partial charge on any atom is -0.385 e. The van der Waals surface area contributed by atoms with Crippen molar-refractivity contribution >= 4 is 17.3 Å². The third kappa shape index (κ3) is 3.47. The zero-order chi connectivity index (χ0) is 14.0. The molecule has 2 rings (SSSR count). The number of benzene rings is 1. The second kappa shape index (κ2) is 5.21. The molecule has 1 amide bonds. The van der Waals surface area contributed by atoms with E-state index >= 15 is 0 Å². The van der Waals surface area contributed by atoms with Crippen molar-refractivity contribution in [3.05, 3.63) is 23.8 Å². The first-order valence-electron chi connectivity index (χ1n) is 6.79. The van der Waals surface area contributed by atoms with Crippen LogP contribution in [-0.2, 0) is 11.2 Å². The van der Waals surface area contributed by atoms with Crippen molar-refractivity contribution in [1.29, 1.82) is 0 Å². The van der Waals surface area contributed by atoms with Crippen molar-refractivity contribution in [2.75, 3.05) is 23.8 Å². The number of nitrogens with two attached hydrogens (primary N) is 1. The van der Waals surface area contributed by atoms with Crippen LogP contribution in [0.5, 0.6) is 0 Å². The van der Waals surface area contributed by atoms with E-state index in [0.29, 0.717) is 6.42 Å².